The number of nitrogens with one attached hydrogen (secondary N) is 1. The van der Waals surface area contributed by atoms with Crippen molar-refractivity contribution in [3.05, 3.63) is 64.7 Å². The van der Waals surface area contributed by atoms with E-state index in [0.717, 1.165) is 6.42 Å². The highest BCUT2D eigenvalue weighted by molar-refractivity contribution is 5.81. The van der Waals surface area contributed by atoms with Crippen molar-refractivity contribution in [2.45, 2.75) is 19.4 Å². The van der Waals surface area contributed by atoms with E-state index in [-0.39, 0.29) is 24.4 Å². The zero-order valence-corrected chi connectivity index (χ0v) is 16.0. The number of hydrogen-bond acceptors (Lipinski definition) is 5. The first-order valence-corrected chi connectivity index (χ1v) is 9.04. The molecule has 0 fully saturated rings. The minimum atomic E-state index is -0.219. The average molecular weight is 381 g/mol. The molecule has 28 heavy (non-hydrogen) atoms. The first-order valence-electron chi connectivity index (χ1n) is 9.04. The number of methoxy groups -OCH3 is 2. The molecule has 146 valence electrons. The first kappa shape index (κ1) is 19.4. The number of amides is 1. The average Bonchev–Trinajstić information content (AvgIpc) is 2.73. The van der Waals surface area contributed by atoms with Crippen LogP contribution in [0.1, 0.15) is 12.0 Å². The number of benzene rings is 2. The Morgan fingerprint density at radius 1 is 1.11 bits per heavy atom. The van der Waals surface area contributed by atoms with E-state index < -0.39 is 0 Å². The van der Waals surface area contributed by atoms with Crippen LogP contribution in [0.4, 0.5) is 0 Å². The summed E-state index contributed by atoms with van der Waals surface area (Å²) in [4.78, 5) is 29.1. The molecule has 1 heterocycles. The van der Waals surface area contributed by atoms with Gasteiger partial charge in [-0.3, -0.25) is 14.2 Å². The van der Waals surface area contributed by atoms with Crippen LogP contribution < -0.4 is 20.3 Å². The van der Waals surface area contributed by atoms with E-state index in [9.17, 15) is 9.59 Å². The van der Waals surface area contributed by atoms with Crippen molar-refractivity contribution >= 4 is 16.8 Å². The number of aryl methyl sites for hydroxylation is 1. The Morgan fingerprint density at radius 2 is 1.82 bits per heavy atom. The highest BCUT2D eigenvalue weighted by Crippen LogP contribution is 2.29. The van der Waals surface area contributed by atoms with Crippen LogP contribution in [0.2, 0.25) is 0 Å². The Bertz CT molecular complexity index is 1020. The number of nitrogens with zero attached hydrogens (tertiary/aromatic N) is 2. The van der Waals surface area contributed by atoms with E-state index in [0.29, 0.717) is 28.9 Å². The summed E-state index contributed by atoms with van der Waals surface area (Å²) in [6.45, 7) is 0.817. The molecule has 1 amide bonds. The van der Waals surface area contributed by atoms with E-state index in [4.69, 9.17) is 9.47 Å². The largest absolute Gasteiger partial charge is 0.493 e. The van der Waals surface area contributed by atoms with Gasteiger partial charge in [0, 0.05) is 25.6 Å². The Hall–Kier alpha value is -3.35. The summed E-state index contributed by atoms with van der Waals surface area (Å²) in [6.07, 6.45) is 2.43. The van der Waals surface area contributed by atoms with Gasteiger partial charge in [0.2, 0.25) is 5.91 Å². The van der Waals surface area contributed by atoms with Crippen molar-refractivity contribution in [2.24, 2.45) is 0 Å². The van der Waals surface area contributed by atoms with Crippen LogP contribution in [-0.4, -0.2) is 36.2 Å². The normalized spacial score (nSPS) is 10.6. The van der Waals surface area contributed by atoms with Crippen LogP contribution in [0.3, 0.4) is 0 Å². The van der Waals surface area contributed by atoms with Gasteiger partial charge in [-0.15, -0.1) is 0 Å². The maximum atomic E-state index is 12.7. The second-order valence-corrected chi connectivity index (χ2v) is 6.30. The Balaban J connectivity index is 1.63. The summed E-state index contributed by atoms with van der Waals surface area (Å²) in [7, 11) is 3.04. The molecule has 2 aromatic carbocycles. The number of rotatable bonds is 8. The predicted molar refractivity (Wildman–Crippen MR) is 107 cm³/mol. The van der Waals surface area contributed by atoms with Gasteiger partial charge < -0.3 is 14.8 Å². The molecular formula is C21H23N3O4. The molecule has 3 aromatic rings. The quantitative estimate of drug-likeness (QED) is 0.647. The Labute approximate surface area is 162 Å². The molecular weight excluding hydrogens is 358 g/mol. The van der Waals surface area contributed by atoms with Crippen LogP contribution in [0.15, 0.2) is 53.6 Å². The molecule has 1 aromatic heterocycles. The van der Waals surface area contributed by atoms with Gasteiger partial charge in [-0.25, -0.2) is 4.98 Å². The monoisotopic (exact) mass is 381 g/mol. The molecule has 0 unspecified atom stereocenters. The van der Waals surface area contributed by atoms with Crippen LogP contribution >= 0.6 is 0 Å². The van der Waals surface area contributed by atoms with Gasteiger partial charge in [-0.1, -0.05) is 30.3 Å². The van der Waals surface area contributed by atoms with Crippen LogP contribution in [0, 0.1) is 0 Å². The molecule has 7 nitrogen and oxygen atoms in total. The number of ether oxygens (including phenoxy) is 2. The first-order chi connectivity index (χ1) is 13.6. The highest BCUT2D eigenvalue weighted by atomic mass is 16.5. The molecule has 1 N–H and O–H groups in total. The maximum absolute atomic E-state index is 12.7. The van der Waals surface area contributed by atoms with E-state index >= 15 is 0 Å². The predicted octanol–water partition coefficient (Wildman–Crippen LogP) is 2.16. The third kappa shape index (κ3) is 4.49. The van der Waals surface area contributed by atoms with E-state index in [2.05, 4.69) is 10.3 Å². The number of carbonyl (C=O) groups is 1. The molecule has 0 radical (unpaired) electrons. The van der Waals surface area contributed by atoms with Gasteiger partial charge in [0.15, 0.2) is 11.5 Å². The van der Waals surface area contributed by atoms with E-state index in [1.807, 2.05) is 30.3 Å². The van der Waals surface area contributed by atoms with Crippen LogP contribution in [0.25, 0.3) is 10.9 Å². The summed E-state index contributed by atoms with van der Waals surface area (Å²) < 4.78 is 11.9. The Morgan fingerprint density at radius 3 is 2.54 bits per heavy atom. The van der Waals surface area contributed by atoms with Gasteiger partial charge >= 0.3 is 0 Å². The second kappa shape index (κ2) is 9.03. The van der Waals surface area contributed by atoms with Crippen molar-refractivity contribution in [2.75, 3.05) is 20.8 Å². The lowest BCUT2D eigenvalue weighted by molar-refractivity contribution is -0.121. The van der Waals surface area contributed by atoms with Gasteiger partial charge in [0.1, 0.15) is 0 Å². The fourth-order valence-electron chi connectivity index (χ4n) is 2.95. The summed E-state index contributed by atoms with van der Waals surface area (Å²) in [5.74, 6) is 0.873. The van der Waals surface area contributed by atoms with E-state index in [1.165, 1.54) is 30.7 Å². The van der Waals surface area contributed by atoms with Crippen molar-refractivity contribution in [1.82, 2.24) is 14.9 Å². The lowest BCUT2D eigenvalue weighted by Gasteiger charge is -2.11. The fraction of sp³-hybridized carbons (Fsp3) is 0.286. The minimum Gasteiger partial charge on any atom is -0.493 e. The molecule has 0 saturated carbocycles. The molecule has 0 bridgehead atoms. The standard InChI is InChI=1S/C21H23N3O4/c1-27-18-12-16-17(13-19(18)28-2)23-14-24(21(16)26)11-9-20(25)22-10-8-15-6-4-3-5-7-15/h3-7,12-14H,8-11H2,1-2H3,(H,22,25). The fourth-order valence-corrected chi connectivity index (χ4v) is 2.95. The van der Waals surface area contributed by atoms with Gasteiger partial charge in [-0.2, -0.15) is 0 Å². The van der Waals surface area contributed by atoms with E-state index in [1.54, 1.807) is 12.1 Å². The zero-order chi connectivity index (χ0) is 19.9. The smallest absolute Gasteiger partial charge is 0.261 e. The van der Waals surface area contributed by atoms with Crippen LogP contribution in [-0.2, 0) is 17.8 Å². The second-order valence-electron chi connectivity index (χ2n) is 6.30. The molecule has 0 saturated heterocycles. The lowest BCUT2D eigenvalue weighted by Crippen LogP contribution is -2.29. The molecule has 3 rings (SSSR count). The lowest BCUT2D eigenvalue weighted by atomic mass is 10.1. The molecule has 0 aliphatic rings. The van der Waals surface area contributed by atoms with Crippen molar-refractivity contribution in [1.29, 1.82) is 0 Å². The number of hydrogen-bond donors (Lipinski definition) is 1. The zero-order valence-electron chi connectivity index (χ0n) is 16.0. The molecule has 0 atom stereocenters. The van der Waals surface area contributed by atoms with Crippen molar-refractivity contribution in [3.8, 4) is 11.5 Å². The summed E-state index contributed by atoms with van der Waals surface area (Å²) in [5.41, 5.74) is 1.47. The van der Waals surface area contributed by atoms with Gasteiger partial charge in [0.25, 0.3) is 5.56 Å². The SMILES string of the molecule is COc1cc2ncn(CCC(=O)NCCc3ccccc3)c(=O)c2cc1OC. The number of carbonyl (C=O) groups excluding carboxylic acids is 1. The Kier molecular flexibility index (Phi) is 6.26. The van der Waals surface area contributed by atoms with Crippen molar-refractivity contribution < 1.29 is 14.3 Å². The number of aromatic nitrogens is 2. The molecule has 0 spiro atoms. The highest BCUT2D eigenvalue weighted by Gasteiger charge is 2.11. The molecule has 7 heteroatoms. The number of fused-ring (bicyclic) bond motifs is 1. The third-order valence-corrected chi connectivity index (χ3v) is 4.49. The summed E-state index contributed by atoms with van der Waals surface area (Å²) in [6, 6.07) is 13.2. The third-order valence-electron chi connectivity index (χ3n) is 4.49. The summed E-state index contributed by atoms with van der Waals surface area (Å²) >= 11 is 0. The van der Waals surface area contributed by atoms with Gasteiger partial charge in [-0.05, 0) is 18.1 Å². The minimum absolute atomic E-state index is 0.102. The molecule has 0 aliphatic heterocycles. The molecule has 0 aliphatic carbocycles. The van der Waals surface area contributed by atoms with Gasteiger partial charge in [0.05, 0.1) is 31.4 Å². The van der Waals surface area contributed by atoms with Crippen molar-refractivity contribution in [3.63, 3.8) is 0 Å². The summed E-state index contributed by atoms with van der Waals surface area (Å²) in [5, 5.41) is 3.30. The topological polar surface area (TPSA) is 82.5 Å². The van der Waals surface area contributed by atoms with Crippen LogP contribution in [0.5, 0.6) is 11.5 Å². The maximum Gasteiger partial charge on any atom is 0.261 e.